The summed E-state index contributed by atoms with van der Waals surface area (Å²) >= 11 is 0. The van der Waals surface area contributed by atoms with E-state index in [1.807, 2.05) is 0 Å². The van der Waals surface area contributed by atoms with Crippen molar-refractivity contribution < 1.29 is 36.9 Å². The number of halogens is 4. The first kappa shape index (κ1) is 23.5. The number of alkyl halides is 2. The molecule has 0 bridgehead atoms. The molecule has 33 heavy (non-hydrogen) atoms. The Hall–Kier alpha value is -4.15. The third kappa shape index (κ3) is 5.20. The molecule has 0 aliphatic carbocycles. The molecule has 1 unspecified atom stereocenters. The van der Waals surface area contributed by atoms with Crippen LogP contribution in [0, 0.1) is 11.6 Å². The molecule has 1 aliphatic heterocycles. The highest BCUT2D eigenvalue weighted by atomic mass is 19.3. The number of aromatic nitrogens is 1. The number of benzene rings is 2. The Labute approximate surface area is 185 Å². The standard InChI is InChI=1S/C21H15F4N3O2.CH2O2/c22-15-7-13(9-27-10-15)12-2-1-3-14(6-12)21(11-29-20(26)28-21)17-5-4-16(8-18(17)23)30-19(24)25;2-1-3/h1-10,19H,11H2,(H2,26,28);1H,(H,2,3). The zero-order valence-corrected chi connectivity index (χ0v) is 16.8. The Morgan fingerprint density at radius 2 is 1.88 bits per heavy atom. The number of rotatable bonds is 5. The minimum absolute atomic E-state index is 0.0686. The number of nitrogens with zero attached hydrogens (tertiary/aromatic N) is 2. The van der Waals surface area contributed by atoms with Crippen LogP contribution in [0.1, 0.15) is 11.1 Å². The van der Waals surface area contributed by atoms with Crippen LogP contribution < -0.4 is 10.5 Å². The van der Waals surface area contributed by atoms with Gasteiger partial charge in [-0.15, -0.1) is 0 Å². The molecule has 0 saturated carbocycles. The van der Waals surface area contributed by atoms with E-state index < -0.39 is 23.8 Å². The van der Waals surface area contributed by atoms with E-state index in [2.05, 4.69) is 14.7 Å². The molecule has 1 atom stereocenters. The van der Waals surface area contributed by atoms with Crippen molar-refractivity contribution in [3.63, 3.8) is 0 Å². The Morgan fingerprint density at radius 1 is 1.12 bits per heavy atom. The van der Waals surface area contributed by atoms with E-state index in [-0.39, 0.29) is 30.4 Å². The van der Waals surface area contributed by atoms with Crippen LogP contribution in [0.2, 0.25) is 0 Å². The smallest absolute Gasteiger partial charge is 0.387 e. The van der Waals surface area contributed by atoms with Gasteiger partial charge in [-0.25, -0.2) is 13.8 Å². The normalized spacial score (nSPS) is 16.9. The summed E-state index contributed by atoms with van der Waals surface area (Å²) in [4.78, 5) is 16.5. The van der Waals surface area contributed by atoms with Gasteiger partial charge in [-0.05, 0) is 35.4 Å². The molecule has 1 aromatic heterocycles. The van der Waals surface area contributed by atoms with Crippen LogP contribution in [0.25, 0.3) is 11.1 Å². The van der Waals surface area contributed by atoms with Gasteiger partial charge >= 0.3 is 6.61 Å². The van der Waals surface area contributed by atoms with E-state index in [1.165, 1.54) is 24.4 Å². The van der Waals surface area contributed by atoms with Gasteiger partial charge in [-0.2, -0.15) is 8.78 Å². The fourth-order valence-corrected chi connectivity index (χ4v) is 3.41. The molecule has 0 fully saturated rings. The second-order valence-corrected chi connectivity index (χ2v) is 6.70. The number of hydrogen-bond acceptors (Lipinski definition) is 6. The Kier molecular flexibility index (Phi) is 7.11. The molecule has 3 N–H and O–H groups in total. The van der Waals surface area contributed by atoms with Gasteiger partial charge in [0.15, 0.2) is 5.54 Å². The van der Waals surface area contributed by atoms with Crippen molar-refractivity contribution in [1.82, 2.24) is 4.98 Å². The highest BCUT2D eigenvalue weighted by molar-refractivity contribution is 5.76. The van der Waals surface area contributed by atoms with Gasteiger partial charge in [-0.3, -0.25) is 9.78 Å². The summed E-state index contributed by atoms with van der Waals surface area (Å²) in [6.07, 6.45) is 2.58. The summed E-state index contributed by atoms with van der Waals surface area (Å²) in [5.74, 6) is -1.63. The lowest BCUT2D eigenvalue weighted by Crippen LogP contribution is -2.28. The number of carbonyl (C=O) groups is 1. The van der Waals surface area contributed by atoms with Crippen molar-refractivity contribution in [2.45, 2.75) is 12.2 Å². The molecule has 0 spiro atoms. The van der Waals surface area contributed by atoms with Crippen molar-refractivity contribution in [2.75, 3.05) is 6.61 Å². The van der Waals surface area contributed by atoms with Gasteiger partial charge in [0.25, 0.3) is 12.5 Å². The largest absolute Gasteiger partial charge is 0.483 e. The van der Waals surface area contributed by atoms with E-state index in [0.29, 0.717) is 16.7 Å². The fourth-order valence-electron chi connectivity index (χ4n) is 3.41. The molecule has 2 heterocycles. The molecule has 0 radical (unpaired) electrons. The molecule has 7 nitrogen and oxygen atoms in total. The average molecular weight is 463 g/mol. The van der Waals surface area contributed by atoms with Gasteiger partial charge in [0.1, 0.15) is 24.0 Å². The number of hydrogen-bond donors (Lipinski definition) is 2. The molecule has 11 heteroatoms. The maximum Gasteiger partial charge on any atom is 0.387 e. The summed E-state index contributed by atoms with van der Waals surface area (Å²) in [7, 11) is 0. The molecule has 0 amide bonds. The first-order valence-corrected chi connectivity index (χ1v) is 9.31. The van der Waals surface area contributed by atoms with Gasteiger partial charge in [0, 0.05) is 23.4 Å². The Morgan fingerprint density at radius 3 is 2.48 bits per heavy atom. The number of nitrogens with two attached hydrogens (primary N) is 1. The summed E-state index contributed by atoms with van der Waals surface area (Å²) in [6.45, 7) is -3.43. The van der Waals surface area contributed by atoms with Gasteiger partial charge in [0.05, 0.1) is 6.20 Å². The molecule has 1 aliphatic rings. The topological polar surface area (TPSA) is 107 Å². The zero-order valence-electron chi connectivity index (χ0n) is 16.8. The summed E-state index contributed by atoms with van der Waals surface area (Å²) < 4.78 is 63.0. The zero-order chi connectivity index (χ0) is 24.0. The average Bonchev–Trinajstić information content (AvgIpc) is 3.17. The van der Waals surface area contributed by atoms with Crippen molar-refractivity contribution in [1.29, 1.82) is 0 Å². The van der Waals surface area contributed by atoms with E-state index in [0.717, 1.165) is 12.3 Å². The molecule has 172 valence electrons. The fraction of sp³-hybridized carbons (Fsp3) is 0.136. The van der Waals surface area contributed by atoms with Crippen LogP contribution >= 0.6 is 0 Å². The Balaban J connectivity index is 0.000000968. The molecule has 2 aromatic carbocycles. The maximum absolute atomic E-state index is 14.9. The van der Waals surface area contributed by atoms with Crippen molar-refractivity contribution >= 4 is 12.5 Å². The lowest BCUT2D eigenvalue weighted by atomic mass is 9.83. The van der Waals surface area contributed by atoms with Crippen LogP contribution in [0.5, 0.6) is 5.75 Å². The quantitative estimate of drug-likeness (QED) is 0.439. The summed E-state index contributed by atoms with van der Waals surface area (Å²) in [5.41, 5.74) is 6.10. The van der Waals surface area contributed by atoms with E-state index in [9.17, 15) is 17.6 Å². The molecule has 4 rings (SSSR count). The third-order valence-corrected chi connectivity index (χ3v) is 4.72. The third-order valence-electron chi connectivity index (χ3n) is 4.72. The van der Waals surface area contributed by atoms with Crippen LogP contribution in [0.3, 0.4) is 0 Å². The van der Waals surface area contributed by atoms with E-state index in [1.54, 1.807) is 24.3 Å². The maximum atomic E-state index is 14.9. The predicted octanol–water partition coefficient (Wildman–Crippen LogP) is 3.92. The van der Waals surface area contributed by atoms with Crippen LogP contribution in [-0.4, -0.2) is 35.8 Å². The molecule has 0 saturated heterocycles. The Bertz CT molecular complexity index is 1180. The minimum Gasteiger partial charge on any atom is -0.483 e. The van der Waals surface area contributed by atoms with Gasteiger partial charge in [0.2, 0.25) is 0 Å². The van der Waals surface area contributed by atoms with Crippen molar-refractivity contribution in [2.24, 2.45) is 10.7 Å². The summed E-state index contributed by atoms with van der Waals surface area (Å²) in [5, 5.41) is 6.89. The van der Waals surface area contributed by atoms with Crippen LogP contribution in [0.15, 0.2) is 65.9 Å². The lowest BCUT2D eigenvalue weighted by Gasteiger charge is -2.26. The first-order valence-electron chi connectivity index (χ1n) is 9.31. The molecular formula is C22H17F4N3O4. The molecular weight excluding hydrogens is 446 g/mol. The van der Waals surface area contributed by atoms with Crippen molar-refractivity contribution in [3.8, 4) is 16.9 Å². The highest BCUT2D eigenvalue weighted by Gasteiger charge is 2.42. The number of ether oxygens (including phenoxy) is 2. The monoisotopic (exact) mass is 463 g/mol. The van der Waals surface area contributed by atoms with Gasteiger partial charge in [-0.1, -0.05) is 18.2 Å². The van der Waals surface area contributed by atoms with Crippen molar-refractivity contribution in [3.05, 3.63) is 83.7 Å². The highest BCUT2D eigenvalue weighted by Crippen LogP contribution is 2.41. The SMILES string of the molecule is NC1=NC(c2cccc(-c3cncc(F)c3)c2)(c2ccc(OC(F)F)cc2F)CO1.O=CO. The predicted molar refractivity (Wildman–Crippen MR) is 110 cm³/mol. The number of amidine groups is 1. The van der Waals surface area contributed by atoms with E-state index in [4.69, 9.17) is 20.4 Å². The number of carboxylic acid groups (broad SMARTS) is 1. The number of pyridine rings is 1. The lowest BCUT2D eigenvalue weighted by molar-refractivity contribution is -0.122. The minimum atomic E-state index is -3.08. The van der Waals surface area contributed by atoms with Crippen LogP contribution in [0.4, 0.5) is 17.6 Å². The summed E-state index contributed by atoms with van der Waals surface area (Å²) in [6, 6.07) is 11.4. The van der Waals surface area contributed by atoms with Gasteiger partial charge < -0.3 is 20.3 Å². The van der Waals surface area contributed by atoms with E-state index >= 15 is 0 Å². The molecule has 3 aromatic rings. The first-order chi connectivity index (χ1) is 15.8. The van der Waals surface area contributed by atoms with Crippen LogP contribution in [-0.2, 0) is 15.1 Å². The second-order valence-electron chi connectivity index (χ2n) is 6.70. The second kappa shape index (κ2) is 9.98. The number of aliphatic imine (C=N–C) groups is 1.